The van der Waals surface area contributed by atoms with E-state index in [9.17, 15) is 9.59 Å². The zero-order valence-corrected chi connectivity index (χ0v) is 13.7. The number of amides is 2. The molecule has 1 fully saturated rings. The summed E-state index contributed by atoms with van der Waals surface area (Å²) in [6.45, 7) is 0.225. The van der Waals surface area contributed by atoms with Crippen LogP contribution in [0.5, 0.6) is 0 Å². The van der Waals surface area contributed by atoms with Gasteiger partial charge in [-0.25, -0.2) is 0 Å². The minimum atomic E-state index is -0.299. The predicted molar refractivity (Wildman–Crippen MR) is 85.3 cm³/mol. The molecule has 1 aromatic heterocycles. The summed E-state index contributed by atoms with van der Waals surface area (Å²) >= 11 is 0. The van der Waals surface area contributed by atoms with Crippen LogP contribution >= 0.6 is 0 Å². The van der Waals surface area contributed by atoms with Gasteiger partial charge in [-0.2, -0.15) is 4.80 Å². The number of piperidine rings is 1. The van der Waals surface area contributed by atoms with Gasteiger partial charge >= 0.3 is 0 Å². The number of aryl methyl sites for hydroxylation is 1. The fourth-order valence-corrected chi connectivity index (χ4v) is 3.11. The lowest BCUT2D eigenvalue weighted by Crippen LogP contribution is -2.46. The number of likely N-dealkylation sites (tertiary alicyclic amines) is 1. The molecule has 1 aliphatic heterocycles. The molecule has 3 rings (SSSR count). The molecule has 0 radical (unpaired) electrons. The molecule has 1 aliphatic rings. The maximum atomic E-state index is 12.7. The molecule has 0 spiro atoms. The van der Waals surface area contributed by atoms with E-state index in [4.69, 9.17) is 0 Å². The Hall–Kier alpha value is -2.77. The second-order valence-electron chi connectivity index (χ2n) is 5.92. The highest BCUT2D eigenvalue weighted by molar-refractivity contribution is 5.84. The number of carbonyl (C=O) groups is 2. The number of aromatic nitrogens is 4. The minimum Gasteiger partial charge on any atom is -0.348 e. The van der Waals surface area contributed by atoms with Gasteiger partial charge in [-0.15, -0.1) is 10.2 Å². The van der Waals surface area contributed by atoms with Gasteiger partial charge in [0.2, 0.25) is 11.8 Å². The van der Waals surface area contributed by atoms with Crippen LogP contribution in [0, 0.1) is 5.92 Å². The van der Waals surface area contributed by atoms with Crippen LogP contribution < -0.4 is 5.32 Å². The summed E-state index contributed by atoms with van der Waals surface area (Å²) in [6.07, 6.45) is 0.907. The molecule has 2 amide bonds. The molecular weight excluding hydrogens is 308 g/mol. The van der Waals surface area contributed by atoms with Crippen molar-refractivity contribution in [2.75, 3.05) is 7.05 Å². The summed E-state index contributed by atoms with van der Waals surface area (Å²) in [7, 11) is 3.43. The summed E-state index contributed by atoms with van der Waals surface area (Å²) in [4.78, 5) is 27.8. The predicted octanol–water partition coefficient (Wildman–Crippen LogP) is 0.436. The Morgan fingerprint density at radius 3 is 2.71 bits per heavy atom. The number of hydrogen-bond acceptors (Lipinski definition) is 5. The maximum absolute atomic E-state index is 12.7. The number of carbonyl (C=O) groups excluding carboxylic acids is 2. The fourth-order valence-electron chi connectivity index (χ4n) is 3.11. The van der Waals surface area contributed by atoms with Crippen LogP contribution in [-0.4, -0.2) is 44.0 Å². The Morgan fingerprint density at radius 1 is 1.29 bits per heavy atom. The first-order valence-electron chi connectivity index (χ1n) is 7.87. The Morgan fingerprint density at radius 2 is 2.04 bits per heavy atom. The summed E-state index contributed by atoms with van der Waals surface area (Å²) < 4.78 is 0. The number of hydrogen-bond donors (Lipinski definition) is 1. The smallest absolute Gasteiger partial charge is 0.225 e. The molecule has 8 heteroatoms. The van der Waals surface area contributed by atoms with E-state index in [1.54, 1.807) is 19.0 Å². The van der Waals surface area contributed by atoms with Gasteiger partial charge in [-0.05, 0) is 17.2 Å². The minimum absolute atomic E-state index is 0.0588. The van der Waals surface area contributed by atoms with Crippen molar-refractivity contribution in [2.45, 2.75) is 25.4 Å². The molecule has 0 bridgehead atoms. The molecule has 1 saturated heterocycles. The van der Waals surface area contributed by atoms with Crippen molar-refractivity contribution in [3.05, 3.63) is 41.7 Å². The third-order valence-electron chi connectivity index (χ3n) is 4.31. The highest BCUT2D eigenvalue weighted by Crippen LogP contribution is 2.35. The molecule has 2 atom stereocenters. The molecule has 2 heterocycles. The SMILES string of the molecule is CN1C(=O)CCC(C(=O)NCc2nnn(C)n2)C1c1ccccc1. The highest BCUT2D eigenvalue weighted by atomic mass is 16.2. The number of tetrazole rings is 1. The lowest BCUT2D eigenvalue weighted by Gasteiger charge is -2.38. The summed E-state index contributed by atoms with van der Waals surface area (Å²) in [5.74, 6) is 0.119. The van der Waals surface area contributed by atoms with Gasteiger partial charge in [0.1, 0.15) is 0 Å². The van der Waals surface area contributed by atoms with E-state index in [2.05, 4.69) is 20.7 Å². The first-order valence-corrected chi connectivity index (χ1v) is 7.87. The average Bonchev–Trinajstić information content (AvgIpc) is 3.01. The van der Waals surface area contributed by atoms with Crippen LogP contribution in [-0.2, 0) is 23.2 Å². The van der Waals surface area contributed by atoms with Crippen LogP contribution in [0.15, 0.2) is 30.3 Å². The van der Waals surface area contributed by atoms with Crippen LogP contribution in [0.3, 0.4) is 0 Å². The quantitative estimate of drug-likeness (QED) is 0.879. The lowest BCUT2D eigenvalue weighted by atomic mass is 9.84. The number of rotatable bonds is 4. The molecule has 1 N–H and O–H groups in total. The zero-order valence-electron chi connectivity index (χ0n) is 13.7. The van der Waals surface area contributed by atoms with Crippen molar-refractivity contribution in [1.82, 2.24) is 30.4 Å². The summed E-state index contributed by atoms with van der Waals surface area (Å²) in [6, 6.07) is 9.39. The summed E-state index contributed by atoms with van der Waals surface area (Å²) in [5.41, 5.74) is 0.964. The van der Waals surface area contributed by atoms with E-state index in [0.717, 1.165) is 5.56 Å². The van der Waals surface area contributed by atoms with Crippen molar-refractivity contribution >= 4 is 11.8 Å². The van der Waals surface area contributed by atoms with Crippen molar-refractivity contribution in [3.63, 3.8) is 0 Å². The van der Waals surface area contributed by atoms with Gasteiger partial charge in [-0.3, -0.25) is 9.59 Å². The van der Waals surface area contributed by atoms with Crippen molar-refractivity contribution in [1.29, 1.82) is 0 Å². The molecular formula is C16H20N6O2. The van der Waals surface area contributed by atoms with Crippen LogP contribution in [0.2, 0.25) is 0 Å². The standard InChI is InChI=1S/C16H20N6O2/c1-21-14(23)9-8-12(15(21)11-6-4-3-5-7-11)16(24)17-10-13-18-20-22(2)19-13/h3-7,12,15H,8-10H2,1-2H3,(H,17,24). The molecule has 24 heavy (non-hydrogen) atoms. The molecule has 126 valence electrons. The van der Waals surface area contributed by atoms with E-state index in [1.807, 2.05) is 30.3 Å². The third kappa shape index (κ3) is 3.27. The Bertz CT molecular complexity index is 729. The maximum Gasteiger partial charge on any atom is 0.225 e. The first kappa shape index (κ1) is 16.1. The van der Waals surface area contributed by atoms with Crippen LogP contribution in [0.1, 0.15) is 30.3 Å². The van der Waals surface area contributed by atoms with E-state index in [-0.39, 0.29) is 30.3 Å². The summed E-state index contributed by atoms with van der Waals surface area (Å²) in [5, 5.41) is 14.5. The van der Waals surface area contributed by atoms with E-state index in [0.29, 0.717) is 18.7 Å². The Balaban J connectivity index is 1.76. The number of nitrogens with zero attached hydrogens (tertiary/aromatic N) is 5. The second kappa shape index (κ2) is 6.77. The molecule has 0 aliphatic carbocycles. The highest BCUT2D eigenvalue weighted by Gasteiger charge is 2.38. The monoisotopic (exact) mass is 328 g/mol. The average molecular weight is 328 g/mol. The van der Waals surface area contributed by atoms with Gasteiger partial charge < -0.3 is 10.2 Å². The molecule has 0 saturated carbocycles. The molecule has 1 aromatic carbocycles. The molecule has 8 nitrogen and oxygen atoms in total. The second-order valence-corrected chi connectivity index (χ2v) is 5.92. The van der Waals surface area contributed by atoms with Crippen molar-refractivity contribution < 1.29 is 9.59 Å². The normalized spacial score (nSPS) is 20.9. The first-order chi connectivity index (χ1) is 11.6. The fraction of sp³-hybridized carbons (Fsp3) is 0.438. The zero-order chi connectivity index (χ0) is 17.1. The van der Waals surface area contributed by atoms with Crippen LogP contribution in [0.4, 0.5) is 0 Å². The Labute approximate surface area is 139 Å². The van der Waals surface area contributed by atoms with Gasteiger partial charge in [0.25, 0.3) is 0 Å². The topological polar surface area (TPSA) is 93.0 Å². The van der Waals surface area contributed by atoms with Gasteiger partial charge in [-0.1, -0.05) is 30.3 Å². The van der Waals surface area contributed by atoms with Crippen LogP contribution in [0.25, 0.3) is 0 Å². The number of nitrogens with one attached hydrogen (secondary N) is 1. The molecule has 2 unspecified atom stereocenters. The van der Waals surface area contributed by atoms with E-state index in [1.165, 1.54) is 4.80 Å². The van der Waals surface area contributed by atoms with E-state index >= 15 is 0 Å². The van der Waals surface area contributed by atoms with Crippen molar-refractivity contribution in [2.24, 2.45) is 13.0 Å². The molecule has 2 aromatic rings. The Kier molecular flexibility index (Phi) is 4.54. The van der Waals surface area contributed by atoms with Gasteiger partial charge in [0.05, 0.1) is 25.6 Å². The third-order valence-corrected chi connectivity index (χ3v) is 4.31. The largest absolute Gasteiger partial charge is 0.348 e. The van der Waals surface area contributed by atoms with Gasteiger partial charge in [0.15, 0.2) is 5.82 Å². The van der Waals surface area contributed by atoms with E-state index < -0.39 is 0 Å². The number of benzene rings is 1. The lowest BCUT2D eigenvalue weighted by molar-refractivity contribution is -0.141. The van der Waals surface area contributed by atoms with Gasteiger partial charge in [0, 0.05) is 13.5 Å². The van der Waals surface area contributed by atoms with Crippen molar-refractivity contribution in [3.8, 4) is 0 Å².